The molecule has 21 heavy (non-hydrogen) atoms. The van der Waals surface area contributed by atoms with Gasteiger partial charge in [0.05, 0.1) is 23.2 Å². The zero-order valence-corrected chi connectivity index (χ0v) is 13.7. The molecule has 0 bridgehead atoms. The van der Waals surface area contributed by atoms with Crippen LogP contribution in [0.4, 0.5) is 0 Å². The summed E-state index contributed by atoms with van der Waals surface area (Å²) in [6, 6.07) is 0.231. The highest BCUT2D eigenvalue weighted by Gasteiger charge is 2.31. The average molecular weight is 309 g/mol. The molecule has 0 radical (unpaired) electrons. The first kappa shape index (κ1) is 16.1. The molecule has 2 atom stereocenters. The Morgan fingerprint density at radius 1 is 1.52 bits per heavy atom. The van der Waals surface area contributed by atoms with E-state index in [-0.39, 0.29) is 23.6 Å². The van der Waals surface area contributed by atoms with E-state index >= 15 is 0 Å². The van der Waals surface area contributed by atoms with Crippen molar-refractivity contribution in [1.82, 2.24) is 15.1 Å². The van der Waals surface area contributed by atoms with Crippen LogP contribution in [0.15, 0.2) is 0 Å². The van der Waals surface area contributed by atoms with Crippen LogP contribution in [-0.4, -0.2) is 35.7 Å². The lowest BCUT2D eigenvalue weighted by Crippen LogP contribution is -2.25. The third-order valence-electron chi connectivity index (χ3n) is 4.08. The van der Waals surface area contributed by atoms with Gasteiger partial charge in [0.2, 0.25) is 0 Å². The van der Waals surface area contributed by atoms with Crippen LogP contribution in [0.5, 0.6) is 0 Å². The molecular weight excluding hydrogens is 286 g/mol. The standard InChI is InChI=1S/C15H23N3O2S/c1-5-6-11(2)16-9-15-12(3)17-18(13(15)4)14-7-8-21(19,20)10-14/h1,11,14,16H,6-10H2,2-4H3. The van der Waals surface area contributed by atoms with Crippen molar-refractivity contribution in [3.63, 3.8) is 0 Å². The number of aryl methyl sites for hydroxylation is 1. The van der Waals surface area contributed by atoms with Gasteiger partial charge in [0, 0.05) is 30.3 Å². The molecule has 0 spiro atoms. The first-order valence-electron chi connectivity index (χ1n) is 7.26. The van der Waals surface area contributed by atoms with Crippen LogP contribution < -0.4 is 5.32 Å². The number of terminal acetylenes is 1. The summed E-state index contributed by atoms with van der Waals surface area (Å²) >= 11 is 0. The monoisotopic (exact) mass is 309 g/mol. The Balaban J connectivity index is 2.13. The van der Waals surface area contributed by atoms with E-state index in [4.69, 9.17) is 6.42 Å². The van der Waals surface area contributed by atoms with Gasteiger partial charge in [-0.05, 0) is 27.2 Å². The van der Waals surface area contributed by atoms with Crippen molar-refractivity contribution in [1.29, 1.82) is 0 Å². The Hall–Kier alpha value is -1.32. The lowest BCUT2D eigenvalue weighted by atomic mass is 10.1. The number of sulfone groups is 1. The number of aromatic nitrogens is 2. The van der Waals surface area contributed by atoms with Crippen molar-refractivity contribution < 1.29 is 8.42 Å². The fourth-order valence-corrected chi connectivity index (χ4v) is 4.49. The highest BCUT2D eigenvalue weighted by atomic mass is 32.2. The zero-order chi connectivity index (χ0) is 15.6. The van der Waals surface area contributed by atoms with Crippen molar-refractivity contribution in [2.75, 3.05) is 11.5 Å². The molecule has 1 N–H and O–H groups in total. The molecule has 116 valence electrons. The second-order valence-electron chi connectivity index (χ2n) is 5.84. The van der Waals surface area contributed by atoms with E-state index in [1.165, 1.54) is 0 Å². The highest BCUT2D eigenvalue weighted by molar-refractivity contribution is 7.91. The highest BCUT2D eigenvalue weighted by Crippen LogP contribution is 2.26. The molecule has 1 aliphatic rings. The molecule has 1 aromatic rings. The molecule has 0 amide bonds. The quantitative estimate of drug-likeness (QED) is 0.834. The second-order valence-corrected chi connectivity index (χ2v) is 8.07. The molecule has 1 fully saturated rings. The largest absolute Gasteiger partial charge is 0.309 e. The molecule has 0 saturated carbocycles. The van der Waals surface area contributed by atoms with Gasteiger partial charge < -0.3 is 5.32 Å². The van der Waals surface area contributed by atoms with Gasteiger partial charge in [-0.15, -0.1) is 12.3 Å². The lowest BCUT2D eigenvalue weighted by Gasteiger charge is -2.13. The zero-order valence-electron chi connectivity index (χ0n) is 12.9. The summed E-state index contributed by atoms with van der Waals surface area (Å²) < 4.78 is 25.2. The number of nitrogens with one attached hydrogen (secondary N) is 1. The number of nitrogens with zero attached hydrogens (tertiary/aromatic N) is 2. The summed E-state index contributed by atoms with van der Waals surface area (Å²) in [6.45, 7) is 6.74. The van der Waals surface area contributed by atoms with Gasteiger partial charge in [0.15, 0.2) is 9.84 Å². The van der Waals surface area contributed by atoms with Gasteiger partial charge in [-0.25, -0.2) is 8.42 Å². The van der Waals surface area contributed by atoms with Gasteiger partial charge in [0.25, 0.3) is 0 Å². The lowest BCUT2D eigenvalue weighted by molar-refractivity contribution is 0.484. The Bertz CT molecular complexity index is 655. The fraction of sp³-hybridized carbons (Fsp3) is 0.667. The Morgan fingerprint density at radius 2 is 2.24 bits per heavy atom. The minimum absolute atomic E-state index is 0.0226. The summed E-state index contributed by atoms with van der Waals surface area (Å²) in [6.07, 6.45) is 6.65. The first-order chi connectivity index (χ1) is 9.84. The maximum atomic E-state index is 11.6. The number of hydrogen-bond donors (Lipinski definition) is 1. The van der Waals surface area contributed by atoms with E-state index in [9.17, 15) is 8.42 Å². The Kier molecular flexibility index (Phi) is 4.74. The molecular formula is C15H23N3O2S. The summed E-state index contributed by atoms with van der Waals surface area (Å²) in [4.78, 5) is 0. The van der Waals surface area contributed by atoms with Crippen LogP contribution >= 0.6 is 0 Å². The van der Waals surface area contributed by atoms with Crippen molar-refractivity contribution >= 4 is 9.84 Å². The van der Waals surface area contributed by atoms with Crippen LogP contribution in [0.2, 0.25) is 0 Å². The summed E-state index contributed by atoms with van der Waals surface area (Å²) in [5.41, 5.74) is 3.15. The first-order valence-corrected chi connectivity index (χ1v) is 9.08. The van der Waals surface area contributed by atoms with E-state index in [0.717, 1.165) is 17.0 Å². The molecule has 6 heteroatoms. The second kappa shape index (κ2) is 6.20. The molecule has 1 aromatic heterocycles. The van der Waals surface area contributed by atoms with E-state index in [2.05, 4.69) is 23.3 Å². The van der Waals surface area contributed by atoms with Gasteiger partial charge in [0.1, 0.15) is 0 Å². The van der Waals surface area contributed by atoms with Crippen molar-refractivity contribution in [3.05, 3.63) is 17.0 Å². The Labute approximate surface area is 127 Å². The molecule has 1 saturated heterocycles. The van der Waals surface area contributed by atoms with Crippen molar-refractivity contribution in [2.45, 2.75) is 52.2 Å². The molecule has 5 nitrogen and oxygen atoms in total. The molecule has 1 aliphatic heterocycles. The van der Waals surface area contributed by atoms with Crippen molar-refractivity contribution in [2.24, 2.45) is 0 Å². The van der Waals surface area contributed by atoms with Gasteiger partial charge in [-0.3, -0.25) is 4.68 Å². The maximum absolute atomic E-state index is 11.6. The van der Waals surface area contributed by atoms with Gasteiger partial charge >= 0.3 is 0 Å². The van der Waals surface area contributed by atoms with Crippen molar-refractivity contribution in [3.8, 4) is 12.3 Å². The minimum atomic E-state index is -2.90. The molecule has 0 aromatic carbocycles. The molecule has 2 unspecified atom stereocenters. The van der Waals surface area contributed by atoms with Gasteiger partial charge in [-0.2, -0.15) is 5.10 Å². The van der Waals surface area contributed by atoms with Crippen LogP contribution in [0.1, 0.15) is 42.8 Å². The van der Waals surface area contributed by atoms with Crippen LogP contribution in [0, 0.1) is 26.2 Å². The summed E-state index contributed by atoms with van der Waals surface area (Å²) in [5, 5.41) is 7.94. The molecule has 2 heterocycles. The SMILES string of the molecule is C#CCC(C)NCc1c(C)nn(C2CCS(=O)(=O)C2)c1C. The Morgan fingerprint density at radius 3 is 2.81 bits per heavy atom. The molecule has 2 rings (SSSR count). The van der Waals surface area contributed by atoms with Crippen LogP contribution in [0.25, 0.3) is 0 Å². The maximum Gasteiger partial charge on any atom is 0.152 e. The molecule has 0 aliphatic carbocycles. The van der Waals surface area contributed by atoms with E-state index in [1.54, 1.807) is 0 Å². The minimum Gasteiger partial charge on any atom is -0.309 e. The fourth-order valence-electron chi connectivity index (χ4n) is 2.80. The topological polar surface area (TPSA) is 64.0 Å². The van der Waals surface area contributed by atoms with E-state index in [1.807, 2.05) is 18.5 Å². The predicted molar refractivity (Wildman–Crippen MR) is 83.8 cm³/mol. The van der Waals surface area contributed by atoms with Crippen LogP contribution in [0.3, 0.4) is 0 Å². The predicted octanol–water partition coefficient (Wildman–Crippen LogP) is 1.36. The normalized spacial score (nSPS) is 22.1. The summed E-state index contributed by atoms with van der Waals surface area (Å²) in [7, 11) is -2.90. The van der Waals surface area contributed by atoms with Gasteiger partial charge in [-0.1, -0.05) is 0 Å². The third kappa shape index (κ3) is 3.66. The van der Waals surface area contributed by atoms with E-state index < -0.39 is 9.84 Å². The summed E-state index contributed by atoms with van der Waals surface area (Å²) in [5.74, 6) is 3.11. The number of hydrogen-bond acceptors (Lipinski definition) is 4. The smallest absolute Gasteiger partial charge is 0.152 e. The number of rotatable bonds is 5. The average Bonchev–Trinajstić information content (AvgIpc) is 2.88. The van der Waals surface area contributed by atoms with Crippen LogP contribution in [-0.2, 0) is 16.4 Å². The van der Waals surface area contributed by atoms with E-state index in [0.29, 0.717) is 19.4 Å². The third-order valence-corrected chi connectivity index (χ3v) is 5.83.